The average molecular weight is 464 g/mol. The van der Waals surface area contributed by atoms with Crippen LogP contribution in [0.3, 0.4) is 0 Å². The first-order valence-corrected chi connectivity index (χ1v) is 8.20. The first-order chi connectivity index (χ1) is 9.71. The Kier molecular flexibility index (Phi) is 5.94. The number of nitrogens with zero attached hydrogens (tertiary/aromatic N) is 2. The molecule has 0 atom stereocenters. The summed E-state index contributed by atoms with van der Waals surface area (Å²) >= 11 is 3.47. The second kappa shape index (κ2) is 7.31. The number of guanidine groups is 1. The first kappa shape index (κ1) is 17.1. The fraction of sp³-hybridized carbons (Fsp3) is 0.562. The predicted octanol–water partition coefficient (Wildman–Crippen LogP) is 4.02. The number of benzene rings is 1. The van der Waals surface area contributed by atoms with Gasteiger partial charge in [0.2, 0.25) is 0 Å². The van der Waals surface area contributed by atoms with Crippen molar-refractivity contribution in [3.8, 4) is 0 Å². The van der Waals surface area contributed by atoms with E-state index in [1.54, 1.807) is 0 Å². The van der Waals surface area contributed by atoms with Gasteiger partial charge in [-0.2, -0.15) is 0 Å². The molecular weight excluding hydrogens is 441 g/mol. The number of hydrogen-bond acceptors (Lipinski definition) is 1. The molecular formula is C16H23BrIN3. The third kappa shape index (κ3) is 3.92. The fourth-order valence-electron chi connectivity index (χ4n) is 3.32. The highest BCUT2D eigenvalue weighted by Crippen LogP contribution is 2.47. The van der Waals surface area contributed by atoms with Gasteiger partial charge in [-0.15, -0.1) is 24.0 Å². The standard InChI is InChI=1S/C16H22BrN3.HI/c1-18-15(19-11-13-3-5-14(17)6-4-13)20-10-9-16(12-20)7-2-8-16;/h3-6H,2,7-12H2,1H3,(H,18,19);1H. The Morgan fingerprint density at radius 2 is 2.00 bits per heavy atom. The summed E-state index contributed by atoms with van der Waals surface area (Å²) in [6, 6.07) is 8.45. The van der Waals surface area contributed by atoms with Gasteiger partial charge in [-0.25, -0.2) is 0 Å². The largest absolute Gasteiger partial charge is 0.352 e. The van der Waals surface area contributed by atoms with Crippen molar-refractivity contribution >= 4 is 45.9 Å². The van der Waals surface area contributed by atoms with Crippen LogP contribution in [0.15, 0.2) is 33.7 Å². The second-order valence-corrected chi connectivity index (χ2v) is 6.97. The van der Waals surface area contributed by atoms with E-state index in [2.05, 4.69) is 55.4 Å². The highest BCUT2D eigenvalue weighted by Gasteiger charge is 2.43. The predicted molar refractivity (Wildman–Crippen MR) is 102 cm³/mol. The van der Waals surface area contributed by atoms with Gasteiger partial charge in [0.05, 0.1) is 0 Å². The van der Waals surface area contributed by atoms with Crippen molar-refractivity contribution in [1.82, 2.24) is 10.2 Å². The third-order valence-corrected chi connectivity index (χ3v) is 5.26. The van der Waals surface area contributed by atoms with E-state index >= 15 is 0 Å². The molecule has 0 radical (unpaired) electrons. The SMILES string of the molecule is CN=C(NCc1ccc(Br)cc1)N1CCC2(CCC2)C1.I. The number of likely N-dealkylation sites (tertiary alicyclic amines) is 1. The fourth-order valence-corrected chi connectivity index (χ4v) is 3.58. The van der Waals surface area contributed by atoms with Crippen LogP contribution in [-0.4, -0.2) is 31.0 Å². The van der Waals surface area contributed by atoms with E-state index < -0.39 is 0 Å². The molecule has 0 unspecified atom stereocenters. The Hall–Kier alpha value is -0.300. The molecule has 1 spiro atoms. The number of aliphatic imine (C=N–C) groups is 1. The van der Waals surface area contributed by atoms with Crippen molar-refractivity contribution in [3.05, 3.63) is 34.3 Å². The molecule has 1 saturated carbocycles. The van der Waals surface area contributed by atoms with Gasteiger partial charge in [0.1, 0.15) is 0 Å². The summed E-state index contributed by atoms with van der Waals surface area (Å²) in [7, 11) is 1.88. The third-order valence-electron chi connectivity index (χ3n) is 4.73. The van der Waals surface area contributed by atoms with Gasteiger partial charge in [0.15, 0.2) is 5.96 Å². The van der Waals surface area contributed by atoms with Crippen molar-refractivity contribution in [1.29, 1.82) is 0 Å². The lowest BCUT2D eigenvalue weighted by Gasteiger charge is -2.38. The molecule has 0 aromatic heterocycles. The maximum Gasteiger partial charge on any atom is 0.193 e. The summed E-state index contributed by atoms with van der Waals surface area (Å²) in [6.45, 7) is 3.18. The summed E-state index contributed by atoms with van der Waals surface area (Å²) in [4.78, 5) is 6.88. The van der Waals surface area contributed by atoms with E-state index in [4.69, 9.17) is 0 Å². The average Bonchev–Trinajstić information content (AvgIpc) is 2.87. The van der Waals surface area contributed by atoms with Crippen LogP contribution in [0.5, 0.6) is 0 Å². The molecule has 0 amide bonds. The van der Waals surface area contributed by atoms with Crippen molar-refractivity contribution in [2.45, 2.75) is 32.2 Å². The highest BCUT2D eigenvalue weighted by molar-refractivity contribution is 14.0. The maximum atomic E-state index is 4.45. The van der Waals surface area contributed by atoms with Gasteiger partial charge >= 0.3 is 0 Å². The molecule has 2 fully saturated rings. The van der Waals surface area contributed by atoms with Crippen molar-refractivity contribution < 1.29 is 0 Å². The van der Waals surface area contributed by atoms with Crippen LogP contribution < -0.4 is 5.32 Å². The Morgan fingerprint density at radius 1 is 1.29 bits per heavy atom. The highest BCUT2D eigenvalue weighted by atomic mass is 127. The Bertz CT molecular complexity index is 497. The van der Waals surface area contributed by atoms with E-state index in [-0.39, 0.29) is 24.0 Å². The van der Waals surface area contributed by atoms with Crippen LogP contribution in [0.1, 0.15) is 31.2 Å². The monoisotopic (exact) mass is 463 g/mol. The summed E-state index contributed by atoms with van der Waals surface area (Å²) in [5, 5.41) is 3.49. The second-order valence-electron chi connectivity index (χ2n) is 6.05. The summed E-state index contributed by atoms with van der Waals surface area (Å²) in [5.74, 6) is 1.05. The summed E-state index contributed by atoms with van der Waals surface area (Å²) in [5.41, 5.74) is 1.90. The smallest absolute Gasteiger partial charge is 0.193 e. The van der Waals surface area contributed by atoms with Crippen molar-refractivity contribution in [3.63, 3.8) is 0 Å². The molecule has 1 aliphatic carbocycles. The van der Waals surface area contributed by atoms with Gasteiger partial charge in [-0.05, 0) is 42.4 Å². The zero-order valence-electron chi connectivity index (χ0n) is 12.4. The van der Waals surface area contributed by atoms with E-state index in [0.29, 0.717) is 5.41 Å². The number of hydrogen-bond donors (Lipinski definition) is 1. The first-order valence-electron chi connectivity index (χ1n) is 7.41. The Labute approximate surface area is 152 Å². The van der Waals surface area contributed by atoms with E-state index in [1.807, 2.05) is 7.05 Å². The molecule has 1 N–H and O–H groups in total. The minimum atomic E-state index is 0. The Balaban J connectivity index is 0.00000161. The summed E-state index contributed by atoms with van der Waals surface area (Å²) < 4.78 is 1.12. The quantitative estimate of drug-likeness (QED) is 0.407. The number of rotatable bonds is 2. The van der Waals surface area contributed by atoms with Crippen LogP contribution in [0.4, 0.5) is 0 Å². The molecule has 1 heterocycles. The number of nitrogens with one attached hydrogen (secondary N) is 1. The maximum absolute atomic E-state index is 4.45. The van der Waals surface area contributed by atoms with E-state index in [0.717, 1.165) is 23.5 Å². The molecule has 116 valence electrons. The van der Waals surface area contributed by atoms with Gasteiger partial charge in [0.25, 0.3) is 0 Å². The van der Waals surface area contributed by atoms with Gasteiger partial charge in [-0.1, -0.05) is 34.5 Å². The van der Waals surface area contributed by atoms with E-state index in [9.17, 15) is 0 Å². The lowest BCUT2D eigenvalue weighted by atomic mass is 9.68. The van der Waals surface area contributed by atoms with Crippen molar-refractivity contribution in [2.24, 2.45) is 10.4 Å². The molecule has 1 saturated heterocycles. The molecule has 3 nitrogen and oxygen atoms in total. The minimum Gasteiger partial charge on any atom is -0.352 e. The molecule has 1 aromatic carbocycles. The normalized spacial score (nSPS) is 20.1. The summed E-state index contributed by atoms with van der Waals surface area (Å²) in [6.07, 6.45) is 5.57. The number of halogens is 2. The van der Waals surface area contributed by atoms with Crippen LogP contribution in [0, 0.1) is 5.41 Å². The van der Waals surface area contributed by atoms with Crippen LogP contribution in [0.25, 0.3) is 0 Å². The molecule has 21 heavy (non-hydrogen) atoms. The lowest BCUT2D eigenvalue weighted by Crippen LogP contribution is -2.42. The lowest BCUT2D eigenvalue weighted by molar-refractivity contribution is 0.151. The Morgan fingerprint density at radius 3 is 2.52 bits per heavy atom. The minimum absolute atomic E-state index is 0. The zero-order chi connectivity index (χ0) is 14.0. The van der Waals surface area contributed by atoms with Crippen LogP contribution >= 0.6 is 39.9 Å². The molecule has 0 bridgehead atoms. The van der Waals surface area contributed by atoms with Crippen LogP contribution in [-0.2, 0) is 6.54 Å². The molecule has 3 rings (SSSR count). The van der Waals surface area contributed by atoms with Gasteiger partial charge < -0.3 is 10.2 Å². The molecule has 1 aromatic rings. The van der Waals surface area contributed by atoms with Crippen molar-refractivity contribution in [2.75, 3.05) is 20.1 Å². The van der Waals surface area contributed by atoms with Gasteiger partial charge in [-0.3, -0.25) is 4.99 Å². The molecule has 1 aliphatic heterocycles. The molecule has 5 heteroatoms. The van der Waals surface area contributed by atoms with E-state index in [1.165, 1.54) is 37.8 Å². The topological polar surface area (TPSA) is 27.6 Å². The van der Waals surface area contributed by atoms with Crippen LogP contribution in [0.2, 0.25) is 0 Å². The molecule has 2 aliphatic rings. The zero-order valence-corrected chi connectivity index (χ0v) is 16.4. The van der Waals surface area contributed by atoms with Gasteiger partial charge in [0, 0.05) is 31.2 Å².